The van der Waals surface area contributed by atoms with E-state index >= 15 is 0 Å². The largest absolute Gasteiger partial charge is 0.486 e. The Balaban J connectivity index is 1.62. The summed E-state index contributed by atoms with van der Waals surface area (Å²) in [7, 11) is 0. The van der Waals surface area contributed by atoms with Crippen LogP contribution in [-0.4, -0.2) is 37.2 Å². The van der Waals surface area contributed by atoms with E-state index in [0.29, 0.717) is 48.4 Å². The molecule has 1 atom stereocenters. The molecule has 0 spiro atoms. The molecule has 7 heteroatoms. The molecular weight excluding hydrogens is 348 g/mol. The number of rotatable bonds is 3. The zero-order chi connectivity index (χ0) is 19.0. The molecule has 2 heterocycles. The highest BCUT2D eigenvalue weighted by Gasteiger charge is 2.50. The van der Waals surface area contributed by atoms with E-state index < -0.39 is 17.4 Å². The molecule has 2 aliphatic heterocycles. The van der Waals surface area contributed by atoms with Gasteiger partial charge < -0.3 is 24.4 Å². The average molecular weight is 368 g/mol. The quantitative estimate of drug-likeness (QED) is 0.843. The number of hydrogen-bond donors (Lipinski definition) is 1. The van der Waals surface area contributed by atoms with Gasteiger partial charge in [-0.2, -0.15) is 0 Å². The first-order valence-corrected chi connectivity index (χ1v) is 8.84. The molecule has 1 N–H and O–H groups in total. The van der Waals surface area contributed by atoms with E-state index in [1.807, 2.05) is 19.1 Å². The Hall–Kier alpha value is -3.22. The van der Waals surface area contributed by atoms with Gasteiger partial charge in [0.15, 0.2) is 11.5 Å². The molecule has 140 valence electrons. The van der Waals surface area contributed by atoms with Gasteiger partial charge in [-0.05, 0) is 38.1 Å². The van der Waals surface area contributed by atoms with Crippen LogP contribution >= 0.6 is 0 Å². The number of ether oxygens (including phenoxy) is 3. The molecule has 0 radical (unpaired) electrons. The average Bonchev–Trinajstić information content (AvgIpc) is 2.69. The molecule has 7 nitrogen and oxygen atoms in total. The maximum atomic E-state index is 13.0. The van der Waals surface area contributed by atoms with Crippen molar-refractivity contribution in [2.24, 2.45) is 0 Å². The fourth-order valence-corrected chi connectivity index (χ4v) is 3.23. The number of nitrogens with zero attached hydrogens (tertiary/aromatic N) is 1. The molecule has 4 rings (SSSR count). The first-order valence-electron chi connectivity index (χ1n) is 8.84. The van der Waals surface area contributed by atoms with E-state index in [1.54, 1.807) is 35.2 Å². The Labute approximate surface area is 156 Å². The lowest BCUT2D eigenvalue weighted by Gasteiger charge is -2.39. The van der Waals surface area contributed by atoms with E-state index in [-0.39, 0.29) is 0 Å². The summed E-state index contributed by atoms with van der Waals surface area (Å²) in [5.74, 6) is 0.733. The number of amides is 2. The van der Waals surface area contributed by atoms with Gasteiger partial charge in [-0.25, -0.2) is 0 Å². The van der Waals surface area contributed by atoms with Crippen molar-refractivity contribution >= 4 is 23.2 Å². The summed E-state index contributed by atoms with van der Waals surface area (Å²) in [6.07, 6.45) is 0. The molecule has 0 fully saturated rings. The highest BCUT2D eigenvalue weighted by Crippen LogP contribution is 2.38. The second-order valence-electron chi connectivity index (χ2n) is 6.47. The van der Waals surface area contributed by atoms with Gasteiger partial charge in [-0.3, -0.25) is 9.59 Å². The third kappa shape index (κ3) is 2.85. The fraction of sp³-hybridized carbons (Fsp3) is 0.300. The van der Waals surface area contributed by atoms with Crippen molar-refractivity contribution in [2.45, 2.75) is 19.4 Å². The van der Waals surface area contributed by atoms with Crippen LogP contribution in [0.2, 0.25) is 0 Å². The maximum absolute atomic E-state index is 13.0. The molecule has 0 aromatic heterocycles. The Morgan fingerprint density at radius 1 is 1.11 bits per heavy atom. The van der Waals surface area contributed by atoms with Crippen LogP contribution in [0.5, 0.6) is 17.2 Å². The summed E-state index contributed by atoms with van der Waals surface area (Å²) in [6, 6.07) is 12.3. The number of para-hydroxylation sites is 2. The first-order chi connectivity index (χ1) is 13.0. The van der Waals surface area contributed by atoms with Crippen molar-refractivity contribution in [1.29, 1.82) is 0 Å². The van der Waals surface area contributed by atoms with Crippen LogP contribution in [0.4, 0.5) is 11.4 Å². The topological polar surface area (TPSA) is 77.1 Å². The van der Waals surface area contributed by atoms with E-state index in [4.69, 9.17) is 14.2 Å². The number of carbonyl (C=O) groups is 2. The zero-order valence-corrected chi connectivity index (χ0v) is 15.2. The SMILES string of the molecule is CCN1C(=O)C(C)(C(=O)Nc2ccc3c(c2)OCCO3)Oc2ccccc21. The van der Waals surface area contributed by atoms with Crippen LogP contribution in [0.15, 0.2) is 42.5 Å². The van der Waals surface area contributed by atoms with Gasteiger partial charge in [-0.1, -0.05) is 12.1 Å². The molecule has 2 aromatic rings. The lowest BCUT2D eigenvalue weighted by atomic mass is 9.99. The van der Waals surface area contributed by atoms with Crippen LogP contribution in [0, 0.1) is 0 Å². The summed E-state index contributed by atoms with van der Waals surface area (Å²) in [5, 5.41) is 2.76. The van der Waals surface area contributed by atoms with Crippen molar-refractivity contribution in [1.82, 2.24) is 0 Å². The van der Waals surface area contributed by atoms with Gasteiger partial charge in [0.05, 0.1) is 5.69 Å². The van der Waals surface area contributed by atoms with Crippen LogP contribution in [0.1, 0.15) is 13.8 Å². The normalized spacial score (nSPS) is 20.5. The summed E-state index contributed by atoms with van der Waals surface area (Å²) in [6.45, 7) is 4.73. The van der Waals surface area contributed by atoms with E-state index in [0.717, 1.165) is 0 Å². The molecule has 27 heavy (non-hydrogen) atoms. The van der Waals surface area contributed by atoms with Gasteiger partial charge in [0, 0.05) is 18.3 Å². The van der Waals surface area contributed by atoms with Gasteiger partial charge in [0.25, 0.3) is 17.4 Å². The predicted octanol–water partition coefficient (Wildman–Crippen LogP) is 2.60. The van der Waals surface area contributed by atoms with E-state index in [1.165, 1.54) is 6.92 Å². The van der Waals surface area contributed by atoms with Gasteiger partial charge >= 0.3 is 0 Å². The van der Waals surface area contributed by atoms with Crippen LogP contribution in [0.3, 0.4) is 0 Å². The van der Waals surface area contributed by atoms with E-state index in [9.17, 15) is 9.59 Å². The maximum Gasteiger partial charge on any atom is 0.280 e. The second-order valence-corrected chi connectivity index (χ2v) is 6.47. The Morgan fingerprint density at radius 2 is 1.85 bits per heavy atom. The number of fused-ring (bicyclic) bond motifs is 2. The molecule has 2 amide bonds. The smallest absolute Gasteiger partial charge is 0.280 e. The monoisotopic (exact) mass is 368 g/mol. The summed E-state index contributed by atoms with van der Waals surface area (Å²) < 4.78 is 16.9. The molecular formula is C20H20N2O5. The summed E-state index contributed by atoms with van der Waals surface area (Å²) in [5.41, 5.74) is -0.504. The third-order valence-electron chi connectivity index (χ3n) is 4.67. The molecule has 0 saturated carbocycles. The number of likely N-dealkylation sites (N-methyl/N-ethyl adjacent to an activating group) is 1. The summed E-state index contributed by atoms with van der Waals surface area (Å²) >= 11 is 0. The van der Waals surface area contributed by atoms with E-state index in [2.05, 4.69) is 5.32 Å². The summed E-state index contributed by atoms with van der Waals surface area (Å²) in [4.78, 5) is 27.5. The Bertz CT molecular complexity index is 913. The van der Waals surface area contributed by atoms with Gasteiger partial charge in [0.2, 0.25) is 0 Å². The van der Waals surface area contributed by atoms with Crippen LogP contribution < -0.4 is 24.4 Å². The molecule has 1 unspecified atom stereocenters. The van der Waals surface area contributed by atoms with Crippen LogP contribution in [-0.2, 0) is 9.59 Å². The standard InChI is InChI=1S/C20H20N2O5/c1-3-22-14-6-4-5-7-15(14)27-20(2,19(22)24)18(23)21-13-8-9-16-17(12-13)26-11-10-25-16/h4-9,12H,3,10-11H2,1-2H3,(H,21,23). The van der Waals surface area contributed by atoms with Crippen LogP contribution in [0.25, 0.3) is 0 Å². The predicted molar refractivity (Wildman–Crippen MR) is 99.6 cm³/mol. The minimum Gasteiger partial charge on any atom is -0.486 e. The van der Waals surface area contributed by atoms with Crippen molar-refractivity contribution in [3.63, 3.8) is 0 Å². The Kier molecular flexibility index (Phi) is 4.14. The van der Waals surface area contributed by atoms with Gasteiger partial charge in [0.1, 0.15) is 19.0 Å². The number of nitrogens with one attached hydrogen (secondary N) is 1. The molecule has 0 saturated heterocycles. The lowest BCUT2D eigenvalue weighted by Crippen LogP contribution is -2.60. The lowest BCUT2D eigenvalue weighted by molar-refractivity contribution is -0.145. The second kappa shape index (κ2) is 6.50. The minimum atomic E-state index is -1.67. The first kappa shape index (κ1) is 17.2. The molecule has 0 aliphatic carbocycles. The van der Waals surface area contributed by atoms with Crippen molar-refractivity contribution in [3.8, 4) is 17.2 Å². The third-order valence-corrected chi connectivity index (χ3v) is 4.67. The fourth-order valence-electron chi connectivity index (χ4n) is 3.23. The van der Waals surface area contributed by atoms with Crippen molar-refractivity contribution in [2.75, 3.05) is 30.0 Å². The number of anilines is 2. The minimum absolute atomic E-state index is 0.404. The van der Waals surface area contributed by atoms with Gasteiger partial charge in [-0.15, -0.1) is 0 Å². The number of benzene rings is 2. The molecule has 2 aliphatic rings. The van der Waals surface area contributed by atoms with Crippen molar-refractivity contribution in [3.05, 3.63) is 42.5 Å². The number of hydrogen-bond acceptors (Lipinski definition) is 5. The zero-order valence-electron chi connectivity index (χ0n) is 15.2. The van der Waals surface area contributed by atoms with Crippen molar-refractivity contribution < 1.29 is 23.8 Å². The Morgan fingerprint density at radius 3 is 2.63 bits per heavy atom. The highest BCUT2D eigenvalue weighted by molar-refractivity contribution is 6.19. The molecule has 0 bridgehead atoms. The highest BCUT2D eigenvalue weighted by atomic mass is 16.6. The number of carbonyl (C=O) groups excluding carboxylic acids is 2. The molecule has 2 aromatic carbocycles.